The normalized spacial score (nSPS) is 15.4. The van der Waals surface area contributed by atoms with Crippen LogP contribution in [0.1, 0.15) is 24.8 Å². The van der Waals surface area contributed by atoms with Gasteiger partial charge < -0.3 is 10.1 Å². The molecule has 7 heteroatoms. The molecular weight excluding hydrogens is 403 g/mol. The molecule has 1 aliphatic carbocycles. The summed E-state index contributed by atoms with van der Waals surface area (Å²) in [6, 6.07) is 4.34. The zero-order valence-corrected chi connectivity index (χ0v) is 13.7. The molecule has 20 heavy (non-hydrogen) atoms. The number of ether oxygens (including phenoxy) is 1. The van der Waals surface area contributed by atoms with E-state index in [9.17, 15) is 13.2 Å². The van der Waals surface area contributed by atoms with Gasteiger partial charge in [0.15, 0.2) is 0 Å². The Labute approximate surface area is 132 Å². The van der Waals surface area contributed by atoms with E-state index < -0.39 is 12.6 Å². The zero-order valence-electron chi connectivity index (χ0n) is 10.6. The van der Waals surface area contributed by atoms with E-state index in [4.69, 9.17) is 4.74 Å². The summed E-state index contributed by atoms with van der Waals surface area (Å²) < 4.78 is 42.8. The molecule has 112 valence electrons. The van der Waals surface area contributed by atoms with E-state index >= 15 is 0 Å². The predicted molar refractivity (Wildman–Crippen MR) is 77.9 cm³/mol. The molecule has 2 nitrogen and oxygen atoms in total. The first-order valence-corrected chi connectivity index (χ1v) is 7.84. The molecule has 1 N–H and O–H groups in total. The van der Waals surface area contributed by atoms with Crippen molar-refractivity contribution >= 4 is 31.9 Å². The maximum Gasteiger partial charge on any atom is 0.392 e. The average molecular weight is 417 g/mol. The summed E-state index contributed by atoms with van der Waals surface area (Å²) in [6.45, 7) is 0.352. The number of hydrogen-bond donors (Lipinski definition) is 1. The smallest absolute Gasteiger partial charge is 0.392 e. The Hall–Kier alpha value is -0.270. The van der Waals surface area contributed by atoms with Crippen LogP contribution in [-0.2, 0) is 6.54 Å². The molecule has 0 unspecified atom stereocenters. The third-order valence-corrected chi connectivity index (χ3v) is 4.04. The van der Waals surface area contributed by atoms with Gasteiger partial charge in [-0.15, -0.1) is 0 Å². The van der Waals surface area contributed by atoms with Crippen molar-refractivity contribution in [3.05, 3.63) is 26.6 Å². The molecule has 2 rings (SSSR count). The average Bonchev–Trinajstić information content (AvgIpc) is 3.12. The quantitative estimate of drug-likeness (QED) is 0.719. The number of benzene rings is 1. The fourth-order valence-corrected chi connectivity index (χ4v) is 3.18. The molecule has 0 aliphatic heterocycles. The molecule has 1 aromatic rings. The van der Waals surface area contributed by atoms with Crippen LogP contribution in [0.5, 0.6) is 5.75 Å². The topological polar surface area (TPSA) is 21.3 Å². The number of nitrogens with one attached hydrogen (secondary N) is 1. The standard InChI is InChI=1S/C13H14Br2F3NO/c14-10-5-8(7-19-9-1-2-9)6-11(15)12(10)20-4-3-13(16,17)18/h5-6,9,19H,1-4,7H2. The van der Waals surface area contributed by atoms with Gasteiger partial charge in [0.1, 0.15) is 5.75 Å². The molecule has 1 saturated carbocycles. The molecule has 0 bridgehead atoms. The van der Waals surface area contributed by atoms with Crippen LogP contribution < -0.4 is 10.1 Å². The van der Waals surface area contributed by atoms with E-state index in [1.165, 1.54) is 12.8 Å². The van der Waals surface area contributed by atoms with Gasteiger partial charge >= 0.3 is 6.18 Å². The molecule has 0 amide bonds. The third kappa shape index (κ3) is 5.26. The zero-order chi connectivity index (χ0) is 14.8. The molecule has 0 aromatic heterocycles. The van der Waals surface area contributed by atoms with E-state index in [0.717, 1.165) is 12.1 Å². The van der Waals surface area contributed by atoms with Crippen LogP contribution in [0, 0.1) is 0 Å². The van der Waals surface area contributed by atoms with Crippen LogP contribution >= 0.6 is 31.9 Å². The minimum absolute atomic E-state index is 0.389. The van der Waals surface area contributed by atoms with Crippen molar-refractivity contribution in [2.24, 2.45) is 0 Å². The van der Waals surface area contributed by atoms with Crippen LogP contribution in [0.2, 0.25) is 0 Å². The first-order valence-electron chi connectivity index (χ1n) is 6.26. The highest BCUT2D eigenvalue weighted by molar-refractivity contribution is 9.11. The first-order chi connectivity index (χ1) is 9.35. The molecule has 1 aliphatic rings. The minimum Gasteiger partial charge on any atom is -0.491 e. The van der Waals surface area contributed by atoms with Crippen LogP contribution in [0.25, 0.3) is 0 Å². The highest BCUT2D eigenvalue weighted by atomic mass is 79.9. The Bertz CT molecular complexity index is 452. The maximum atomic E-state index is 12.1. The summed E-state index contributed by atoms with van der Waals surface area (Å²) in [4.78, 5) is 0. The van der Waals surface area contributed by atoms with E-state index in [0.29, 0.717) is 20.7 Å². The van der Waals surface area contributed by atoms with E-state index in [-0.39, 0.29) is 6.61 Å². The second-order valence-corrected chi connectivity index (χ2v) is 6.47. The Kier molecular flexibility index (Phi) is 5.36. The van der Waals surface area contributed by atoms with Crippen molar-refractivity contribution in [2.45, 2.75) is 38.0 Å². The Morgan fingerprint density at radius 1 is 1.20 bits per heavy atom. The van der Waals surface area contributed by atoms with Gasteiger partial charge in [-0.3, -0.25) is 0 Å². The Morgan fingerprint density at radius 3 is 2.30 bits per heavy atom. The van der Waals surface area contributed by atoms with Gasteiger partial charge in [-0.25, -0.2) is 0 Å². The number of rotatable bonds is 6. The van der Waals surface area contributed by atoms with Crippen molar-refractivity contribution in [2.75, 3.05) is 6.61 Å². The SMILES string of the molecule is FC(F)(F)CCOc1c(Br)cc(CNC2CC2)cc1Br. The summed E-state index contributed by atoms with van der Waals surface area (Å²) in [5.41, 5.74) is 1.05. The van der Waals surface area contributed by atoms with Crippen molar-refractivity contribution < 1.29 is 17.9 Å². The van der Waals surface area contributed by atoms with Crippen molar-refractivity contribution in [3.63, 3.8) is 0 Å². The monoisotopic (exact) mass is 415 g/mol. The van der Waals surface area contributed by atoms with Gasteiger partial charge in [-0.1, -0.05) is 0 Å². The predicted octanol–water partition coefficient (Wildman–Crippen LogP) is 4.79. The second-order valence-electron chi connectivity index (χ2n) is 4.76. The first kappa shape index (κ1) is 16.1. The van der Waals surface area contributed by atoms with E-state index in [1.54, 1.807) is 0 Å². The highest BCUT2D eigenvalue weighted by Crippen LogP contribution is 2.35. The Balaban J connectivity index is 1.94. The molecule has 0 spiro atoms. The molecule has 1 fully saturated rings. The van der Waals surface area contributed by atoms with Crippen molar-refractivity contribution in [3.8, 4) is 5.75 Å². The maximum absolute atomic E-state index is 12.1. The second kappa shape index (κ2) is 6.66. The largest absolute Gasteiger partial charge is 0.491 e. The minimum atomic E-state index is -4.20. The molecule has 1 aromatic carbocycles. The van der Waals surface area contributed by atoms with Crippen LogP contribution in [-0.4, -0.2) is 18.8 Å². The van der Waals surface area contributed by atoms with Crippen molar-refractivity contribution in [1.82, 2.24) is 5.32 Å². The van der Waals surface area contributed by atoms with Gasteiger partial charge in [-0.05, 0) is 62.4 Å². The molecule has 0 saturated heterocycles. The summed E-state index contributed by atoms with van der Waals surface area (Å²) in [5, 5.41) is 3.38. The molecule has 0 heterocycles. The lowest BCUT2D eigenvalue weighted by atomic mass is 10.2. The fourth-order valence-electron chi connectivity index (χ4n) is 1.67. The summed E-state index contributed by atoms with van der Waals surface area (Å²) in [7, 11) is 0. The van der Waals surface area contributed by atoms with E-state index in [1.807, 2.05) is 12.1 Å². The van der Waals surface area contributed by atoms with Gasteiger partial charge in [0.2, 0.25) is 0 Å². The number of halogens is 5. The van der Waals surface area contributed by atoms with E-state index in [2.05, 4.69) is 37.2 Å². The van der Waals surface area contributed by atoms with Gasteiger partial charge in [0, 0.05) is 12.6 Å². The summed E-state index contributed by atoms with van der Waals surface area (Å²) in [5.74, 6) is 0.407. The molecular formula is C13H14Br2F3NO. The molecule has 0 atom stereocenters. The third-order valence-electron chi connectivity index (χ3n) is 2.86. The van der Waals surface area contributed by atoms with Crippen LogP contribution in [0.15, 0.2) is 21.1 Å². The van der Waals surface area contributed by atoms with Crippen molar-refractivity contribution in [1.29, 1.82) is 0 Å². The Morgan fingerprint density at radius 2 is 1.80 bits per heavy atom. The molecule has 0 radical (unpaired) electrons. The van der Waals surface area contributed by atoms with Gasteiger partial charge in [0.25, 0.3) is 0 Å². The summed E-state index contributed by atoms with van der Waals surface area (Å²) >= 11 is 6.67. The highest BCUT2D eigenvalue weighted by Gasteiger charge is 2.27. The summed E-state index contributed by atoms with van der Waals surface area (Å²) in [6.07, 6.45) is -2.74. The van der Waals surface area contributed by atoms with Gasteiger partial charge in [0.05, 0.1) is 22.0 Å². The number of alkyl halides is 3. The number of hydrogen-bond acceptors (Lipinski definition) is 2. The van der Waals surface area contributed by atoms with Gasteiger partial charge in [-0.2, -0.15) is 13.2 Å². The lowest BCUT2D eigenvalue weighted by Crippen LogP contribution is -2.15. The van der Waals surface area contributed by atoms with Crippen LogP contribution in [0.4, 0.5) is 13.2 Å². The lowest BCUT2D eigenvalue weighted by Gasteiger charge is -2.13. The lowest BCUT2D eigenvalue weighted by molar-refractivity contribution is -0.139. The fraction of sp³-hybridized carbons (Fsp3) is 0.538. The van der Waals surface area contributed by atoms with Crippen LogP contribution in [0.3, 0.4) is 0 Å².